The number of nitrogens with zero attached hydrogens (tertiary/aromatic N) is 1. The van der Waals surface area contributed by atoms with Gasteiger partial charge in [0.2, 0.25) is 0 Å². The maximum atomic E-state index is 12.4. The first-order valence-electron chi connectivity index (χ1n) is 7.91. The van der Waals surface area contributed by atoms with Crippen LogP contribution in [0.4, 0.5) is 0 Å². The molecule has 130 valence electrons. The molecule has 0 fully saturated rings. The Morgan fingerprint density at radius 2 is 2.04 bits per heavy atom. The van der Waals surface area contributed by atoms with E-state index in [1.54, 1.807) is 19.2 Å². The molecule has 3 rings (SSSR count). The number of methoxy groups -OCH3 is 1. The molecule has 0 heterocycles. The van der Waals surface area contributed by atoms with Crippen LogP contribution in [0.1, 0.15) is 34.3 Å². The second-order valence-electron chi connectivity index (χ2n) is 5.64. The maximum absolute atomic E-state index is 12.4. The van der Waals surface area contributed by atoms with Gasteiger partial charge in [0.25, 0.3) is 0 Å². The summed E-state index contributed by atoms with van der Waals surface area (Å²) in [6.07, 6.45) is 4.64. The first-order chi connectivity index (χ1) is 12.1. The standard InChI is InChI=1S/C19H18ClNO3S/c1-23-13-7-6-12-4-3-5-18(15(12)10-13)21-24-19(22)16-11-14(25-2)8-9-17(16)20/h6-11H,3-5H2,1-2H3/b21-18-. The highest BCUT2D eigenvalue weighted by Gasteiger charge is 2.19. The van der Waals surface area contributed by atoms with E-state index in [1.807, 2.05) is 30.5 Å². The van der Waals surface area contributed by atoms with E-state index in [2.05, 4.69) is 5.16 Å². The lowest BCUT2D eigenvalue weighted by Gasteiger charge is -2.18. The van der Waals surface area contributed by atoms with Crippen molar-refractivity contribution in [3.05, 3.63) is 58.1 Å². The molecule has 2 aromatic rings. The van der Waals surface area contributed by atoms with Crippen molar-refractivity contribution in [3.8, 4) is 5.75 Å². The van der Waals surface area contributed by atoms with E-state index < -0.39 is 5.97 Å². The first kappa shape index (κ1) is 17.8. The molecule has 0 saturated heterocycles. The SMILES string of the molecule is COc1ccc2c(c1)/C(=N\OC(=O)c1cc(SC)ccc1Cl)CCC2. The number of thioether (sulfide) groups is 1. The normalized spacial score (nSPS) is 14.9. The average Bonchev–Trinajstić information content (AvgIpc) is 2.66. The third-order valence-electron chi connectivity index (χ3n) is 4.12. The van der Waals surface area contributed by atoms with Crippen molar-refractivity contribution in [2.45, 2.75) is 24.2 Å². The quantitative estimate of drug-likeness (QED) is 0.430. The van der Waals surface area contributed by atoms with Gasteiger partial charge in [0, 0.05) is 10.5 Å². The first-order valence-corrected chi connectivity index (χ1v) is 9.51. The number of benzene rings is 2. The third kappa shape index (κ3) is 3.99. The van der Waals surface area contributed by atoms with E-state index >= 15 is 0 Å². The van der Waals surface area contributed by atoms with Crippen LogP contribution < -0.4 is 4.74 Å². The van der Waals surface area contributed by atoms with Gasteiger partial charge >= 0.3 is 5.97 Å². The number of hydrogen-bond donors (Lipinski definition) is 0. The van der Waals surface area contributed by atoms with Crippen LogP contribution in [0.2, 0.25) is 5.02 Å². The van der Waals surface area contributed by atoms with Crippen molar-refractivity contribution in [1.82, 2.24) is 0 Å². The van der Waals surface area contributed by atoms with Crippen molar-refractivity contribution in [2.75, 3.05) is 13.4 Å². The second-order valence-corrected chi connectivity index (χ2v) is 6.93. The highest BCUT2D eigenvalue weighted by Crippen LogP contribution is 2.27. The average molecular weight is 376 g/mol. The lowest BCUT2D eigenvalue weighted by molar-refractivity contribution is 0.0515. The van der Waals surface area contributed by atoms with Gasteiger partial charge in [-0.15, -0.1) is 11.8 Å². The van der Waals surface area contributed by atoms with Crippen LogP contribution >= 0.6 is 23.4 Å². The molecule has 0 bridgehead atoms. The lowest BCUT2D eigenvalue weighted by Crippen LogP contribution is -2.14. The fourth-order valence-electron chi connectivity index (χ4n) is 2.78. The summed E-state index contributed by atoms with van der Waals surface area (Å²) in [5.74, 6) is 0.207. The van der Waals surface area contributed by atoms with Crippen LogP contribution in [0.5, 0.6) is 5.75 Å². The highest BCUT2D eigenvalue weighted by molar-refractivity contribution is 7.98. The van der Waals surface area contributed by atoms with E-state index in [9.17, 15) is 4.79 Å². The van der Waals surface area contributed by atoms with Crippen molar-refractivity contribution in [1.29, 1.82) is 0 Å². The Hall–Kier alpha value is -1.98. The number of carbonyl (C=O) groups is 1. The lowest BCUT2D eigenvalue weighted by atomic mass is 9.90. The van der Waals surface area contributed by atoms with Crippen LogP contribution in [-0.2, 0) is 11.3 Å². The molecule has 0 spiro atoms. The summed E-state index contributed by atoms with van der Waals surface area (Å²) >= 11 is 7.65. The van der Waals surface area contributed by atoms with Crippen LogP contribution in [0, 0.1) is 0 Å². The molecular weight excluding hydrogens is 358 g/mol. The fraction of sp³-hybridized carbons (Fsp3) is 0.263. The minimum Gasteiger partial charge on any atom is -0.497 e. The largest absolute Gasteiger partial charge is 0.497 e. The van der Waals surface area contributed by atoms with E-state index in [1.165, 1.54) is 17.3 Å². The Bertz CT molecular complexity index is 835. The molecule has 0 atom stereocenters. The molecule has 0 radical (unpaired) electrons. The van der Waals surface area contributed by atoms with Crippen molar-refractivity contribution in [3.63, 3.8) is 0 Å². The van der Waals surface area contributed by atoms with Gasteiger partial charge in [-0.2, -0.15) is 0 Å². The highest BCUT2D eigenvalue weighted by atomic mass is 35.5. The van der Waals surface area contributed by atoms with Gasteiger partial charge in [0.15, 0.2) is 0 Å². The Morgan fingerprint density at radius 1 is 1.20 bits per heavy atom. The van der Waals surface area contributed by atoms with Gasteiger partial charge in [0.1, 0.15) is 5.75 Å². The Labute approximate surface area is 156 Å². The number of oxime groups is 1. The Morgan fingerprint density at radius 3 is 2.80 bits per heavy atom. The summed E-state index contributed by atoms with van der Waals surface area (Å²) in [5.41, 5.74) is 3.23. The predicted octanol–water partition coefficient (Wildman–Crippen LogP) is 4.97. The van der Waals surface area contributed by atoms with Gasteiger partial charge in [-0.25, -0.2) is 4.79 Å². The van der Waals surface area contributed by atoms with Crippen molar-refractivity contribution in [2.24, 2.45) is 5.16 Å². The summed E-state index contributed by atoms with van der Waals surface area (Å²) in [5, 5.41) is 4.47. The van der Waals surface area contributed by atoms with E-state index in [-0.39, 0.29) is 0 Å². The molecule has 2 aromatic carbocycles. The zero-order chi connectivity index (χ0) is 17.8. The summed E-state index contributed by atoms with van der Waals surface area (Å²) in [7, 11) is 1.63. The van der Waals surface area contributed by atoms with E-state index in [0.717, 1.165) is 41.2 Å². The van der Waals surface area contributed by atoms with E-state index in [0.29, 0.717) is 10.6 Å². The number of rotatable bonds is 4. The molecule has 0 N–H and O–H groups in total. The summed E-state index contributed by atoms with van der Waals surface area (Å²) in [6, 6.07) is 11.2. The predicted molar refractivity (Wildman–Crippen MR) is 101 cm³/mol. The summed E-state index contributed by atoms with van der Waals surface area (Å²) in [6.45, 7) is 0. The molecule has 0 aromatic heterocycles. The minimum absolute atomic E-state index is 0.319. The zero-order valence-corrected chi connectivity index (χ0v) is 15.6. The number of ether oxygens (including phenoxy) is 1. The molecule has 25 heavy (non-hydrogen) atoms. The minimum atomic E-state index is -0.552. The molecule has 0 saturated carbocycles. The number of halogens is 1. The molecular formula is C19H18ClNO3S. The van der Waals surface area contributed by atoms with Gasteiger partial charge in [0.05, 0.1) is 23.4 Å². The third-order valence-corrected chi connectivity index (χ3v) is 5.17. The summed E-state index contributed by atoms with van der Waals surface area (Å²) < 4.78 is 5.28. The molecule has 1 aliphatic rings. The zero-order valence-electron chi connectivity index (χ0n) is 14.0. The molecule has 4 nitrogen and oxygen atoms in total. The molecule has 0 unspecified atom stereocenters. The monoisotopic (exact) mass is 375 g/mol. The molecule has 6 heteroatoms. The van der Waals surface area contributed by atoms with Crippen molar-refractivity contribution >= 4 is 35.0 Å². The smallest absolute Gasteiger partial charge is 0.367 e. The number of carbonyl (C=O) groups excluding carboxylic acids is 1. The van der Waals surface area contributed by atoms with Gasteiger partial charge < -0.3 is 9.57 Å². The van der Waals surface area contributed by atoms with Gasteiger partial charge in [-0.3, -0.25) is 0 Å². The number of fused-ring (bicyclic) bond motifs is 1. The topological polar surface area (TPSA) is 47.9 Å². The van der Waals surface area contributed by atoms with Gasteiger partial charge in [-0.1, -0.05) is 22.8 Å². The van der Waals surface area contributed by atoms with Crippen LogP contribution in [0.25, 0.3) is 0 Å². The second kappa shape index (κ2) is 7.93. The van der Waals surface area contributed by atoms with Crippen LogP contribution in [-0.4, -0.2) is 25.0 Å². The molecule has 1 aliphatic carbocycles. The Kier molecular flexibility index (Phi) is 5.66. The van der Waals surface area contributed by atoms with Crippen LogP contribution in [0.15, 0.2) is 46.4 Å². The molecule has 0 aliphatic heterocycles. The fourth-order valence-corrected chi connectivity index (χ4v) is 3.41. The Balaban J connectivity index is 1.85. The van der Waals surface area contributed by atoms with E-state index in [4.69, 9.17) is 21.2 Å². The number of hydrogen-bond acceptors (Lipinski definition) is 5. The summed E-state index contributed by atoms with van der Waals surface area (Å²) in [4.78, 5) is 18.5. The van der Waals surface area contributed by atoms with Crippen LogP contribution in [0.3, 0.4) is 0 Å². The molecule has 0 amide bonds. The maximum Gasteiger partial charge on any atom is 0.367 e. The van der Waals surface area contributed by atoms with Gasteiger partial charge in [-0.05, 0) is 61.4 Å². The number of aryl methyl sites for hydroxylation is 1. The van der Waals surface area contributed by atoms with Crippen molar-refractivity contribution < 1.29 is 14.4 Å².